The van der Waals surface area contributed by atoms with Gasteiger partial charge in [-0.05, 0) is 19.2 Å². The Morgan fingerprint density at radius 1 is 1.09 bits per heavy atom. The SMILES string of the molecule is CNCCn1/c(=N/c2c(F)c(OC)cc(OC)c2F)ccc2ncc(-c3cnn(C)c3)nc21. The summed E-state index contributed by atoms with van der Waals surface area (Å²) >= 11 is 0. The van der Waals surface area contributed by atoms with Gasteiger partial charge < -0.3 is 19.4 Å². The van der Waals surface area contributed by atoms with Crippen LogP contribution >= 0.6 is 0 Å². The van der Waals surface area contributed by atoms with Crippen LogP contribution in [0.15, 0.2) is 41.8 Å². The van der Waals surface area contributed by atoms with E-state index >= 15 is 0 Å². The van der Waals surface area contributed by atoms with Gasteiger partial charge in [-0.15, -0.1) is 0 Å². The number of methoxy groups -OCH3 is 2. The lowest BCUT2D eigenvalue weighted by atomic mass is 10.2. The molecule has 0 saturated heterocycles. The summed E-state index contributed by atoms with van der Waals surface area (Å²) in [6.45, 7) is 1.000. The molecule has 0 fully saturated rings. The second kappa shape index (κ2) is 9.33. The third kappa shape index (κ3) is 4.27. The van der Waals surface area contributed by atoms with Crippen molar-refractivity contribution in [2.75, 3.05) is 27.8 Å². The zero-order valence-electron chi connectivity index (χ0n) is 18.6. The molecule has 0 aliphatic rings. The minimum absolute atomic E-state index is 0.173. The van der Waals surface area contributed by atoms with Crippen LogP contribution in [0, 0.1) is 11.6 Å². The van der Waals surface area contributed by atoms with Crippen molar-refractivity contribution in [1.29, 1.82) is 0 Å². The number of benzene rings is 1. The zero-order valence-corrected chi connectivity index (χ0v) is 18.6. The first-order chi connectivity index (χ1) is 16.0. The van der Waals surface area contributed by atoms with Crippen LogP contribution in [0.25, 0.3) is 22.4 Å². The van der Waals surface area contributed by atoms with Gasteiger partial charge in [0.25, 0.3) is 0 Å². The Balaban J connectivity index is 1.98. The van der Waals surface area contributed by atoms with Gasteiger partial charge in [-0.25, -0.2) is 18.8 Å². The van der Waals surface area contributed by atoms with E-state index in [1.807, 2.05) is 20.3 Å². The van der Waals surface area contributed by atoms with E-state index in [1.165, 1.54) is 14.2 Å². The number of halogens is 2. The Hall–Kier alpha value is -3.86. The molecule has 9 nitrogen and oxygen atoms in total. The second-order valence-electron chi connectivity index (χ2n) is 7.18. The van der Waals surface area contributed by atoms with Crippen molar-refractivity contribution in [2.45, 2.75) is 6.54 Å². The average Bonchev–Trinajstić information content (AvgIpc) is 3.26. The lowest BCUT2D eigenvalue weighted by molar-refractivity contribution is 0.359. The van der Waals surface area contributed by atoms with Crippen LogP contribution in [0.4, 0.5) is 14.5 Å². The third-order valence-electron chi connectivity index (χ3n) is 5.07. The summed E-state index contributed by atoms with van der Waals surface area (Å²) in [5.74, 6) is -2.20. The van der Waals surface area contributed by atoms with E-state index in [1.54, 1.807) is 33.8 Å². The lowest BCUT2D eigenvalue weighted by Gasteiger charge is -2.13. The highest BCUT2D eigenvalue weighted by atomic mass is 19.1. The van der Waals surface area contributed by atoms with Crippen molar-refractivity contribution in [1.82, 2.24) is 29.6 Å². The minimum Gasteiger partial charge on any atom is -0.493 e. The Bertz CT molecular complexity index is 1350. The molecule has 0 saturated carbocycles. The number of nitrogens with one attached hydrogen (secondary N) is 1. The summed E-state index contributed by atoms with van der Waals surface area (Å²) < 4.78 is 43.4. The largest absolute Gasteiger partial charge is 0.493 e. The van der Waals surface area contributed by atoms with Crippen molar-refractivity contribution in [3.8, 4) is 22.8 Å². The molecule has 0 radical (unpaired) electrons. The molecule has 0 spiro atoms. The van der Waals surface area contributed by atoms with Crippen LogP contribution in [0.2, 0.25) is 0 Å². The molecule has 3 aromatic heterocycles. The number of likely N-dealkylation sites (N-methyl/N-ethyl adjacent to an activating group) is 1. The van der Waals surface area contributed by atoms with Gasteiger partial charge in [-0.1, -0.05) is 0 Å². The Kier molecular flexibility index (Phi) is 6.31. The smallest absolute Gasteiger partial charge is 0.193 e. The zero-order chi connectivity index (χ0) is 23.5. The standard InChI is InChI=1S/C22H23F2N7O2/c1-25-7-8-31-18(29-21-19(23)16(32-3)9-17(33-4)20(21)24)6-5-14-22(31)28-15(11-26-14)13-10-27-30(2)12-13/h5-6,9-12,25H,7-8H2,1-4H3/b29-18+. The molecule has 33 heavy (non-hydrogen) atoms. The molecular formula is C22H23F2N7O2. The first-order valence-electron chi connectivity index (χ1n) is 10.1. The number of ether oxygens (including phenoxy) is 2. The van der Waals surface area contributed by atoms with Crippen LogP contribution in [0.1, 0.15) is 0 Å². The second-order valence-corrected chi connectivity index (χ2v) is 7.18. The van der Waals surface area contributed by atoms with Gasteiger partial charge in [0.15, 0.2) is 28.8 Å². The monoisotopic (exact) mass is 455 g/mol. The summed E-state index contributed by atoms with van der Waals surface area (Å²) in [6.07, 6.45) is 5.18. The summed E-state index contributed by atoms with van der Waals surface area (Å²) in [6, 6.07) is 4.49. The molecule has 0 aliphatic carbocycles. The number of hydrogen-bond donors (Lipinski definition) is 1. The molecule has 1 N–H and O–H groups in total. The Morgan fingerprint density at radius 3 is 2.42 bits per heavy atom. The highest BCUT2D eigenvalue weighted by Gasteiger charge is 2.20. The fourth-order valence-corrected chi connectivity index (χ4v) is 3.38. The van der Waals surface area contributed by atoms with E-state index < -0.39 is 17.3 Å². The summed E-state index contributed by atoms with van der Waals surface area (Å²) in [4.78, 5) is 13.6. The number of aryl methyl sites for hydroxylation is 1. The van der Waals surface area contributed by atoms with Gasteiger partial charge in [0.2, 0.25) is 0 Å². The van der Waals surface area contributed by atoms with Crippen molar-refractivity contribution < 1.29 is 18.3 Å². The van der Waals surface area contributed by atoms with E-state index in [4.69, 9.17) is 14.5 Å². The van der Waals surface area contributed by atoms with E-state index in [0.717, 1.165) is 11.6 Å². The molecule has 0 bridgehead atoms. The number of hydrogen-bond acceptors (Lipinski definition) is 7. The van der Waals surface area contributed by atoms with E-state index in [2.05, 4.69) is 20.4 Å². The lowest BCUT2D eigenvalue weighted by Crippen LogP contribution is -2.27. The number of nitrogens with zero attached hydrogens (tertiary/aromatic N) is 6. The highest BCUT2D eigenvalue weighted by molar-refractivity contribution is 5.73. The molecule has 1 aromatic carbocycles. The van der Waals surface area contributed by atoms with Crippen LogP contribution in [-0.2, 0) is 13.6 Å². The van der Waals surface area contributed by atoms with Gasteiger partial charge in [0, 0.05) is 38.0 Å². The van der Waals surface area contributed by atoms with Gasteiger partial charge in [0.1, 0.15) is 16.7 Å². The molecule has 4 aromatic rings. The van der Waals surface area contributed by atoms with E-state index in [-0.39, 0.29) is 11.5 Å². The number of pyridine rings is 1. The maximum Gasteiger partial charge on any atom is 0.193 e. The fourth-order valence-electron chi connectivity index (χ4n) is 3.38. The van der Waals surface area contributed by atoms with Crippen molar-refractivity contribution >= 4 is 16.9 Å². The average molecular weight is 455 g/mol. The molecule has 3 heterocycles. The van der Waals surface area contributed by atoms with Crippen molar-refractivity contribution in [2.24, 2.45) is 12.0 Å². The summed E-state index contributed by atoms with van der Waals surface area (Å²) in [7, 11) is 6.20. The van der Waals surface area contributed by atoms with Crippen molar-refractivity contribution in [3.63, 3.8) is 0 Å². The molecule has 172 valence electrons. The first kappa shape index (κ1) is 22.3. The first-order valence-corrected chi connectivity index (χ1v) is 10.1. The number of rotatable bonds is 7. The predicted molar refractivity (Wildman–Crippen MR) is 118 cm³/mol. The quantitative estimate of drug-likeness (QED) is 0.461. The fraction of sp³-hybridized carbons (Fsp3) is 0.273. The Morgan fingerprint density at radius 2 is 1.82 bits per heavy atom. The highest BCUT2D eigenvalue weighted by Crippen LogP contribution is 2.36. The van der Waals surface area contributed by atoms with Crippen LogP contribution in [0.3, 0.4) is 0 Å². The van der Waals surface area contributed by atoms with E-state index in [9.17, 15) is 8.78 Å². The molecule has 0 atom stereocenters. The minimum atomic E-state index is -0.925. The summed E-state index contributed by atoms with van der Waals surface area (Å²) in [5, 5.41) is 7.25. The molecule has 4 rings (SSSR count). The van der Waals surface area contributed by atoms with Crippen LogP contribution < -0.4 is 20.3 Å². The third-order valence-corrected chi connectivity index (χ3v) is 5.07. The van der Waals surface area contributed by atoms with Gasteiger partial charge >= 0.3 is 0 Å². The molecule has 0 unspecified atom stereocenters. The van der Waals surface area contributed by atoms with Gasteiger partial charge in [0.05, 0.1) is 32.3 Å². The Labute approximate surface area is 188 Å². The number of aromatic nitrogens is 5. The molecular weight excluding hydrogens is 432 g/mol. The van der Waals surface area contributed by atoms with Crippen LogP contribution in [0.5, 0.6) is 11.5 Å². The normalized spacial score (nSPS) is 11.9. The van der Waals surface area contributed by atoms with E-state index in [0.29, 0.717) is 35.4 Å². The predicted octanol–water partition coefficient (Wildman–Crippen LogP) is 2.58. The van der Waals surface area contributed by atoms with Gasteiger partial charge in [-0.3, -0.25) is 9.67 Å². The molecule has 0 aliphatic heterocycles. The van der Waals surface area contributed by atoms with Crippen LogP contribution in [-0.4, -0.2) is 52.1 Å². The maximum atomic E-state index is 14.9. The van der Waals surface area contributed by atoms with Gasteiger partial charge in [-0.2, -0.15) is 5.10 Å². The maximum absolute atomic E-state index is 14.9. The molecule has 0 amide bonds. The number of fused-ring (bicyclic) bond motifs is 1. The van der Waals surface area contributed by atoms with Crippen molar-refractivity contribution in [3.05, 3.63) is 53.9 Å². The topological polar surface area (TPSA) is 91.4 Å². The summed E-state index contributed by atoms with van der Waals surface area (Å²) in [5.41, 5.74) is 2.32. The molecule has 11 heteroatoms.